The van der Waals surface area contributed by atoms with Gasteiger partial charge in [-0.1, -0.05) is 0 Å². The SMILES string of the molecule is C[C@@H]1C[C@@H]2CCC[C@@H]3C[C@H](C)NC(=N1)N32. The minimum absolute atomic E-state index is 0.512. The normalized spacial score (nSPS) is 44.1. The van der Waals surface area contributed by atoms with E-state index >= 15 is 0 Å². The van der Waals surface area contributed by atoms with Gasteiger partial charge in [0.1, 0.15) is 0 Å². The van der Waals surface area contributed by atoms with Gasteiger partial charge in [0, 0.05) is 18.1 Å². The van der Waals surface area contributed by atoms with Gasteiger partial charge in [0.2, 0.25) is 0 Å². The summed E-state index contributed by atoms with van der Waals surface area (Å²) in [6.45, 7) is 4.53. The third-order valence-electron chi connectivity index (χ3n) is 4.06. The molecule has 0 aromatic rings. The molecular formula is C12H21N3. The molecule has 3 heterocycles. The maximum Gasteiger partial charge on any atom is 0.194 e. The minimum atomic E-state index is 0.512. The van der Waals surface area contributed by atoms with E-state index in [1.807, 2.05) is 0 Å². The molecule has 0 aromatic heterocycles. The van der Waals surface area contributed by atoms with Gasteiger partial charge in [-0.3, -0.25) is 0 Å². The van der Waals surface area contributed by atoms with E-state index in [0.29, 0.717) is 12.1 Å². The summed E-state index contributed by atoms with van der Waals surface area (Å²) in [5, 5.41) is 3.55. The Balaban J connectivity index is 1.92. The summed E-state index contributed by atoms with van der Waals surface area (Å²) in [7, 11) is 0. The molecule has 0 bridgehead atoms. The highest BCUT2D eigenvalue weighted by molar-refractivity contribution is 5.82. The lowest BCUT2D eigenvalue weighted by Crippen LogP contribution is -2.63. The van der Waals surface area contributed by atoms with Crippen molar-refractivity contribution < 1.29 is 0 Å². The van der Waals surface area contributed by atoms with Gasteiger partial charge in [-0.05, 0) is 46.0 Å². The Labute approximate surface area is 91.9 Å². The van der Waals surface area contributed by atoms with Crippen LogP contribution in [0.1, 0.15) is 46.0 Å². The number of nitrogens with zero attached hydrogens (tertiary/aromatic N) is 2. The lowest BCUT2D eigenvalue weighted by atomic mass is 9.86. The van der Waals surface area contributed by atoms with E-state index in [0.717, 1.165) is 12.1 Å². The number of aliphatic imine (C=N–C) groups is 1. The predicted octanol–water partition coefficient (Wildman–Crippen LogP) is 1.74. The molecule has 0 unspecified atom stereocenters. The second-order valence-electron chi connectivity index (χ2n) is 5.46. The average Bonchev–Trinajstić information content (AvgIpc) is 2.16. The van der Waals surface area contributed by atoms with E-state index in [4.69, 9.17) is 4.99 Å². The molecule has 0 radical (unpaired) electrons. The zero-order valence-corrected chi connectivity index (χ0v) is 9.74. The summed E-state index contributed by atoms with van der Waals surface area (Å²) in [5.41, 5.74) is 0. The Hall–Kier alpha value is -0.730. The van der Waals surface area contributed by atoms with Crippen LogP contribution in [0.2, 0.25) is 0 Å². The van der Waals surface area contributed by atoms with E-state index in [-0.39, 0.29) is 0 Å². The van der Waals surface area contributed by atoms with Crippen molar-refractivity contribution in [2.45, 2.75) is 70.1 Å². The Morgan fingerprint density at radius 3 is 2.73 bits per heavy atom. The summed E-state index contributed by atoms with van der Waals surface area (Å²) >= 11 is 0. The van der Waals surface area contributed by atoms with E-state index in [9.17, 15) is 0 Å². The molecule has 3 aliphatic rings. The molecule has 4 atom stereocenters. The fraction of sp³-hybridized carbons (Fsp3) is 0.917. The molecule has 3 heteroatoms. The van der Waals surface area contributed by atoms with E-state index in [1.54, 1.807) is 0 Å². The molecule has 0 amide bonds. The fourth-order valence-electron chi connectivity index (χ4n) is 3.50. The molecule has 3 aliphatic heterocycles. The van der Waals surface area contributed by atoms with E-state index in [1.165, 1.54) is 38.1 Å². The lowest BCUT2D eigenvalue weighted by molar-refractivity contribution is 0.105. The lowest BCUT2D eigenvalue weighted by Gasteiger charge is -2.51. The van der Waals surface area contributed by atoms with Gasteiger partial charge in [-0.2, -0.15) is 0 Å². The van der Waals surface area contributed by atoms with Crippen molar-refractivity contribution in [1.29, 1.82) is 0 Å². The third kappa shape index (κ3) is 1.52. The number of piperidine rings is 1. The first-order valence-corrected chi connectivity index (χ1v) is 6.36. The molecule has 0 aliphatic carbocycles. The molecule has 2 saturated heterocycles. The summed E-state index contributed by atoms with van der Waals surface area (Å²) in [6.07, 6.45) is 6.71. The van der Waals surface area contributed by atoms with Crippen molar-refractivity contribution in [3.8, 4) is 0 Å². The topological polar surface area (TPSA) is 27.6 Å². The van der Waals surface area contributed by atoms with Crippen LogP contribution in [0.4, 0.5) is 0 Å². The predicted molar refractivity (Wildman–Crippen MR) is 62.0 cm³/mol. The maximum atomic E-state index is 4.77. The summed E-state index contributed by atoms with van der Waals surface area (Å²) in [6, 6.07) is 2.66. The molecule has 15 heavy (non-hydrogen) atoms. The molecule has 84 valence electrons. The van der Waals surface area contributed by atoms with E-state index < -0.39 is 0 Å². The standard InChI is InChI=1S/C12H21N3/c1-8-6-10-4-3-5-11-7-9(2)14-12(13-8)15(10)11/h8-11H,3-7H2,1-2H3,(H,13,14)/t8-,9+,10+,11-. The van der Waals surface area contributed by atoms with Crippen molar-refractivity contribution in [1.82, 2.24) is 10.2 Å². The van der Waals surface area contributed by atoms with Crippen LogP contribution < -0.4 is 5.32 Å². The summed E-state index contributed by atoms with van der Waals surface area (Å²) in [4.78, 5) is 7.36. The van der Waals surface area contributed by atoms with Crippen LogP contribution in [0.5, 0.6) is 0 Å². The Kier molecular flexibility index (Phi) is 2.15. The first-order chi connectivity index (χ1) is 7.24. The Morgan fingerprint density at radius 1 is 1.20 bits per heavy atom. The van der Waals surface area contributed by atoms with Crippen molar-refractivity contribution in [3.05, 3.63) is 0 Å². The van der Waals surface area contributed by atoms with Gasteiger partial charge in [0.05, 0.1) is 6.04 Å². The number of hydrogen-bond donors (Lipinski definition) is 1. The first-order valence-electron chi connectivity index (χ1n) is 6.36. The van der Waals surface area contributed by atoms with Gasteiger partial charge >= 0.3 is 0 Å². The van der Waals surface area contributed by atoms with Gasteiger partial charge in [0.15, 0.2) is 5.96 Å². The van der Waals surface area contributed by atoms with Crippen molar-refractivity contribution in [3.63, 3.8) is 0 Å². The molecule has 3 rings (SSSR count). The molecule has 0 aromatic carbocycles. The molecule has 0 saturated carbocycles. The van der Waals surface area contributed by atoms with E-state index in [2.05, 4.69) is 24.1 Å². The van der Waals surface area contributed by atoms with Crippen molar-refractivity contribution in [2.24, 2.45) is 4.99 Å². The quantitative estimate of drug-likeness (QED) is 0.655. The zero-order valence-electron chi connectivity index (χ0n) is 9.74. The highest BCUT2D eigenvalue weighted by Crippen LogP contribution is 2.33. The summed E-state index contributed by atoms with van der Waals surface area (Å²) < 4.78 is 0. The Bertz CT molecular complexity index is 287. The second kappa shape index (κ2) is 3.39. The van der Waals surface area contributed by atoms with Crippen molar-refractivity contribution >= 4 is 5.96 Å². The van der Waals surface area contributed by atoms with Gasteiger partial charge in [-0.25, -0.2) is 4.99 Å². The number of hydrogen-bond acceptors (Lipinski definition) is 3. The molecule has 3 nitrogen and oxygen atoms in total. The molecule has 0 spiro atoms. The molecule has 2 fully saturated rings. The number of nitrogens with one attached hydrogen (secondary N) is 1. The van der Waals surface area contributed by atoms with Crippen LogP contribution >= 0.6 is 0 Å². The third-order valence-corrected chi connectivity index (χ3v) is 4.06. The van der Waals surface area contributed by atoms with Gasteiger partial charge in [0.25, 0.3) is 0 Å². The largest absolute Gasteiger partial charge is 0.354 e. The van der Waals surface area contributed by atoms with Crippen LogP contribution in [-0.4, -0.2) is 35.0 Å². The average molecular weight is 207 g/mol. The monoisotopic (exact) mass is 207 g/mol. The maximum absolute atomic E-state index is 4.77. The smallest absolute Gasteiger partial charge is 0.194 e. The van der Waals surface area contributed by atoms with Gasteiger partial charge in [-0.15, -0.1) is 0 Å². The Morgan fingerprint density at radius 2 is 1.93 bits per heavy atom. The highest BCUT2D eigenvalue weighted by Gasteiger charge is 2.40. The first kappa shape index (κ1) is 9.49. The van der Waals surface area contributed by atoms with Crippen LogP contribution in [0, 0.1) is 0 Å². The number of guanidine groups is 1. The minimum Gasteiger partial charge on any atom is -0.354 e. The van der Waals surface area contributed by atoms with Crippen LogP contribution in [0.25, 0.3) is 0 Å². The highest BCUT2D eigenvalue weighted by atomic mass is 15.4. The summed E-state index contributed by atoms with van der Waals surface area (Å²) in [5.74, 6) is 1.20. The van der Waals surface area contributed by atoms with Crippen LogP contribution in [-0.2, 0) is 0 Å². The molecular weight excluding hydrogens is 186 g/mol. The van der Waals surface area contributed by atoms with Crippen LogP contribution in [0.15, 0.2) is 4.99 Å². The fourth-order valence-corrected chi connectivity index (χ4v) is 3.50. The van der Waals surface area contributed by atoms with Crippen molar-refractivity contribution in [2.75, 3.05) is 0 Å². The number of rotatable bonds is 0. The molecule has 1 N–H and O–H groups in total. The van der Waals surface area contributed by atoms with Crippen LogP contribution in [0.3, 0.4) is 0 Å². The van der Waals surface area contributed by atoms with Gasteiger partial charge < -0.3 is 10.2 Å². The second-order valence-corrected chi connectivity index (χ2v) is 5.46. The zero-order chi connectivity index (χ0) is 10.4.